The Morgan fingerprint density at radius 3 is 2.71 bits per heavy atom. The molecule has 0 fully saturated rings. The van der Waals surface area contributed by atoms with Crippen LogP contribution in [0.4, 0.5) is 0 Å². The average molecular weight is 269 g/mol. The third kappa shape index (κ3) is 1.73. The molecule has 14 heavy (non-hydrogen) atoms. The third-order valence-electron chi connectivity index (χ3n) is 2.54. The maximum atomic E-state index is 3.50. The Morgan fingerprint density at radius 1 is 1.29 bits per heavy atom. The molecule has 0 saturated carbocycles. The van der Waals surface area contributed by atoms with E-state index in [1.54, 1.807) is 0 Å². The van der Waals surface area contributed by atoms with E-state index >= 15 is 0 Å². The van der Waals surface area contributed by atoms with Gasteiger partial charge >= 0.3 is 0 Å². The quantitative estimate of drug-likeness (QED) is 0.695. The molecule has 0 saturated heterocycles. The van der Waals surface area contributed by atoms with Crippen molar-refractivity contribution in [3.05, 3.63) is 34.2 Å². The minimum atomic E-state index is 0.965. The smallest absolute Gasteiger partial charge is 0.0377 e. The van der Waals surface area contributed by atoms with E-state index in [9.17, 15) is 0 Å². The minimum Gasteiger partial charge on any atom is -0.139 e. The summed E-state index contributed by atoms with van der Waals surface area (Å²) >= 11 is 5.39. The zero-order valence-corrected chi connectivity index (χ0v) is 10.8. The van der Waals surface area contributed by atoms with E-state index in [4.69, 9.17) is 0 Å². The molecule has 0 aliphatic heterocycles. The van der Waals surface area contributed by atoms with Crippen LogP contribution in [0.3, 0.4) is 0 Å². The highest BCUT2D eigenvalue weighted by Gasteiger charge is 2.03. The summed E-state index contributed by atoms with van der Waals surface area (Å²) in [5, 5.41) is 2.35. The molecule has 0 aliphatic rings. The van der Waals surface area contributed by atoms with Crippen LogP contribution in [0.15, 0.2) is 18.2 Å². The van der Waals surface area contributed by atoms with Gasteiger partial charge < -0.3 is 0 Å². The standard InChI is InChI=1S/C12H13BrS/c1-3-9-6-12-10(4-8(9)2)5-11(7-13)14-12/h4-6H,3,7H2,1-2H3. The number of benzene rings is 1. The van der Waals surface area contributed by atoms with Gasteiger partial charge in [0.25, 0.3) is 0 Å². The molecule has 2 aromatic rings. The maximum absolute atomic E-state index is 3.50. The number of fused-ring (bicyclic) bond motifs is 1. The molecule has 1 aromatic heterocycles. The van der Waals surface area contributed by atoms with E-state index in [0.717, 1.165) is 11.8 Å². The van der Waals surface area contributed by atoms with Crippen LogP contribution >= 0.6 is 27.3 Å². The van der Waals surface area contributed by atoms with Crippen LogP contribution in [0, 0.1) is 6.92 Å². The van der Waals surface area contributed by atoms with Crippen molar-refractivity contribution in [3.8, 4) is 0 Å². The SMILES string of the molecule is CCc1cc2sc(CBr)cc2cc1C. The Morgan fingerprint density at radius 2 is 2.07 bits per heavy atom. The lowest BCUT2D eigenvalue weighted by Gasteiger charge is -2.01. The van der Waals surface area contributed by atoms with Gasteiger partial charge in [0.2, 0.25) is 0 Å². The van der Waals surface area contributed by atoms with Crippen molar-refractivity contribution in [2.45, 2.75) is 25.6 Å². The summed E-state index contributed by atoms with van der Waals surface area (Å²) in [4.78, 5) is 1.41. The predicted molar refractivity (Wildman–Crippen MR) is 68.6 cm³/mol. The summed E-state index contributed by atoms with van der Waals surface area (Å²) in [6.07, 6.45) is 1.13. The third-order valence-corrected chi connectivity index (χ3v) is 4.61. The van der Waals surface area contributed by atoms with Gasteiger partial charge in [-0.25, -0.2) is 0 Å². The van der Waals surface area contributed by atoms with Gasteiger partial charge in [-0.15, -0.1) is 11.3 Å². The van der Waals surface area contributed by atoms with Crippen LogP contribution < -0.4 is 0 Å². The van der Waals surface area contributed by atoms with Crippen LogP contribution in [-0.4, -0.2) is 0 Å². The van der Waals surface area contributed by atoms with Gasteiger partial charge in [0.05, 0.1) is 0 Å². The maximum Gasteiger partial charge on any atom is 0.0377 e. The number of aryl methyl sites for hydroxylation is 2. The van der Waals surface area contributed by atoms with E-state index in [0.29, 0.717) is 0 Å². The predicted octanol–water partition coefficient (Wildman–Crippen LogP) is 4.67. The molecule has 0 spiro atoms. The summed E-state index contributed by atoms with van der Waals surface area (Å²) in [6.45, 7) is 4.41. The van der Waals surface area contributed by atoms with Crippen molar-refractivity contribution < 1.29 is 0 Å². The summed E-state index contributed by atoms with van der Waals surface area (Å²) in [6, 6.07) is 6.92. The second-order valence-corrected chi connectivity index (χ2v) is 5.25. The first-order chi connectivity index (χ1) is 6.74. The van der Waals surface area contributed by atoms with Gasteiger partial charge in [-0.3, -0.25) is 0 Å². The first kappa shape index (κ1) is 10.2. The summed E-state index contributed by atoms with van der Waals surface area (Å²) < 4.78 is 1.42. The number of hydrogen-bond donors (Lipinski definition) is 0. The molecule has 0 unspecified atom stereocenters. The Hall–Kier alpha value is -0.340. The van der Waals surface area contributed by atoms with Gasteiger partial charge in [0.1, 0.15) is 0 Å². The summed E-state index contributed by atoms with van der Waals surface area (Å²) in [7, 11) is 0. The zero-order valence-electron chi connectivity index (χ0n) is 8.43. The first-order valence-electron chi connectivity index (χ1n) is 4.82. The Kier molecular flexibility index (Phi) is 2.93. The fourth-order valence-electron chi connectivity index (χ4n) is 1.74. The van der Waals surface area contributed by atoms with Gasteiger partial charge in [0.15, 0.2) is 0 Å². The molecule has 2 heteroatoms. The van der Waals surface area contributed by atoms with Crippen molar-refractivity contribution in [3.63, 3.8) is 0 Å². The van der Waals surface area contributed by atoms with Gasteiger partial charge in [-0.1, -0.05) is 28.9 Å². The molecule has 0 aliphatic carbocycles. The first-order valence-corrected chi connectivity index (χ1v) is 6.76. The van der Waals surface area contributed by atoms with E-state index < -0.39 is 0 Å². The van der Waals surface area contributed by atoms with Gasteiger partial charge in [-0.2, -0.15) is 0 Å². The molecule has 0 atom stereocenters. The van der Waals surface area contributed by atoms with Crippen molar-refractivity contribution in [1.82, 2.24) is 0 Å². The largest absolute Gasteiger partial charge is 0.139 e. The molecular formula is C12H13BrS. The van der Waals surface area contributed by atoms with Crippen LogP contribution in [0.1, 0.15) is 22.9 Å². The molecule has 0 bridgehead atoms. The van der Waals surface area contributed by atoms with Crippen LogP contribution in [-0.2, 0) is 11.8 Å². The number of rotatable bonds is 2. The van der Waals surface area contributed by atoms with E-state index in [1.165, 1.54) is 26.1 Å². The van der Waals surface area contributed by atoms with Crippen molar-refractivity contribution >= 4 is 37.4 Å². The number of alkyl halides is 1. The fourth-order valence-corrected chi connectivity index (χ4v) is 3.21. The normalized spacial score (nSPS) is 11.1. The fraction of sp³-hybridized carbons (Fsp3) is 0.333. The molecule has 2 rings (SSSR count). The molecule has 0 nitrogen and oxygen atoms in total. The number of halogens is 1. The van der Waals surface area contributed by atoms with Gasteiger partial charge in [0, 0.05) is 14.9 Å². The van der Waals surface area contributed by atoms with Crippen LogP contribution in [0.5, 0.6) is 0 Å². The monoisotopic (exact) mass is 268 g/mol. The highest BCUT2D eigenvalue weighted by atomic mass is 79.9. The van der Waals surface area contributed by atoms with Crippen molar-refractivity contribution in [2.24, 2.45) is 0 Å². The van der Waals surface area contributed by atoms with Gasteiger partial charge in [-0.05, 0) is 42.0 Å². The lowest BCUT2D eigenvalue weighted by molar-refractivity contribution is 1.12. The second kappa shape index (κ2) is 4.03. The average Bonchev–Trinajstić information content (AvgIpc) is 2.58. The molecule has 0 radical (unpaired) electrons. The number of thiophene rings is 1. The van der Waals surface area contributed by atoms with E-state index in [1.807, 2.05) is 11.3 Å². The zero-order chi connectivity index (χ0) is 10.1. The summed E-state index contributed by atoms with van der Waals surface area (Å²) in [5.41, 5.74) is 2.89. The Balaban J connectivity index is 2.64. The lowest BCUT2D eigenvalue weighted by atomic mass is 10.0. The lowest BCUT2D eigenvalue weighted by Crippen LogP contribution is -1.84. The Bertz CT molecular complexity index is 457. The molecule has 1 heterocycles. The van der Waals surface area contributed by atoms with E-state index in [2.05, 4.69) is 48.0 Å². The van der Waals surface area contributed by atoms with E-state index in [-0.39, 0.29) is 0 Å². The molecule has 74 valence electrons. The summed E-state index contributed by atoms with van der Waals surface area (Å²) in [5.74, 6) is 0. The minimum absolute atomic E-state index is 0.965. The molecular weight excluding hydrogens is 256 g/mol. The van der Waals surface area contributed by atoms with Crippen LogP contribution in [0.2, 0.25) is 0 Å². The number of hydrogen-bond acceptors (Lipinski definition) is 1. The highest BCUT2D eigenvalue weighted by Crippen LogP contribution is 2.29. The highest BCUT2D eigenvalue weighted by molar-refractivity contribution is 9.08. The molecule has 1 aromatic carbocycles. The van der Waals surface area contributed by atoms with Crippen LogP contribution in [0.25, 0.3) is 10.1 Å². The molecule has 0 N–H and O–H groups in total. The second-order valence-electron chi connectivity index (χ2n) is 3.52. The topological polar surface area (TPSA) is 0 Å². The van der Waals surface area contributed by atoms with Crippen molar-refractivity contribution in [1.29, 1.82) is 0 Å². The van der Waals surface area contributed by atoms with Crippen molar-refractivity contribution in [2.75, 3.05) is 0 Å². The Labute approximate surface area is 97.1 Å². The molecule has 0 amide bonds.